The largest absolute Gasteiger partial charge is 0.352 e. The van der Waals surface area contributed by atoms with E-state index in [0.717, 1.165) is 16.1 Å². The van der Waals surface area contributed by atoms with Gasteiger partial charge in [0.15, 0.2) is 0 Å². The van der Waals surface area contributed by atoms with Crippen molar-refractivity contribution < 1.29 is 18.0 Å². The van der Waals surface area contributed by atoms with Crippen molar-refractivity contribution in [1.82, 2.24) is 10.2 Å². The number of nitrogens with zero attached hydrogens (tertiary/aromatic N) is 2. The molecule has 11 heteroatoms. The van der Waals surface area contributed by atoms with Crippen LogP contribution in [0.2, 0.25) is 15.1 Å². The van der Waals surface area contributed by atoms with Gasteiger partial charge in [-0.25, -0.2) is 8.42 Å². The van der Waals surface area contributed by atoms with Crippen molar-refractivity contribution in [2.75, 3.05) is 17.1 Å². The van der Waals surface area contributed by atoms with Crippen LogP contribution in [0.5, 0.6) is 0 Å². The van der Waals surface area contributed by atoms with Crippen molar-refractivity contribution in [3.8, 4) is 0 Å². The average Bonchev–Trinajstić information content (AvgIpc) is 2.85. The standard InChI is InChI=1S/C29H32Cl3N3O4S/c1-19(2)33-29(37)27(15-21-8-6-5-7-9-21)34(17-22-10-11-24(31)16-25(22)32)28(36)18-35(40(4,38)39)26-13-12-23(30)14-20(26)3/h5-14,16,19,27H,15,17-18H2,1-4H3,(H,33,37). The number of sulfonamides is 1. The molecule has 0 aromatic heterocycles. The Morgan fingerprint density at radius 3 is 2.12 bits per heavy atom. The van der Waals surface area contributed by atoms with Gasteiger partial charge in [-0.2, -0.15) is 0 Å². The Kier molecular flexibility index (Phi) is 10.9. The monoisotopic (exact) mass is 623 g/mol. The lowest BCUT2D eigenvalue weighted by Crippen LogP contribution is -2.54. The van der Waals surface area contributed by atoms with Gasteiger partial charge in [0.25, 0.3) is 0 Å². The van der Waals surface area contributed by atoms with Crippen LogP contribution in [0.25, 0.3) is 0 Å². The molecule has 1 unspecified atom stereocenters. The fourth-order valence-corrected chi connectivity index (χ4v) is 5.86. The Hall–Kier alpha value is -2.78. The molecule has 3 rings (SSSR count). The predicted molar refractivity (Wildman–Crippen MR) is 163 cm³/mol. The van der Waals surface area contributed by atoms with Gasteiger partial charge in [0.05, 0.1) is 11.9 Å². The Balaban J connectivity index is 2.10. The molecular formula is C29H32Cl3N3O4S. The summed E-state index contributed by atoms with van der Waals surface area (Å²) in [6, 6.07) is 17.8. The molecule has 2 amide bonds. The molecule has 0 saturated heterocycles. The number of benzene rings is 3. The van der Waals surface area contributed by atoms with E-state index in [1.807, 2.05) is 44.2 Å². The Morgan fingerprint density at radius 1 is 0.925 bits per heavy atom. The number of anilines is 1. The van der Waals surface area contributed by atoms with Crippen molar-refractivity contribution in [2.45, 2.75) is 45.8 Å². The van der Waals surface area contributed by atoms with Crippen LogP contribution in [0.15, 0.2) is 66.7 Å². The summed E-state index contributed by atoms with van der Waals surface area (Å²) in [6.45, 7) is 4.79. The van der Waals surface area contributed by atoms with Crippen LogP contribution in [-0.4, -0.2) is 50.0 Å². The number of halogens is 3. The summed E-state index contributed by atoms with van der Waals surface area (Å²) in [5.41, 5.74) is 2.29. The SMILES string of the molecule is Cc1cc(Cl)ccc1N(CC(=O)N(Cc1ccc(Cl)cc1Cl)C(Cc1ccccc1)C(=O)NC(C)C)S(C)(=O)=O. The van der Waals surface area contributed by atoms with Crippen LogP contribution in [0.3, 0.4) is 0 Å². The third-order valence-corrected chi connectivity index (χ3v) is 8.11. The summed E-state index contributed by atoms with van der Waals surface area (Å²) in [4.78, 5) is 29.1. The molecule has 1 atom stereocenters. The minimum absolute atomic E-state index is 0.0466. The maximum absolute atomic E-state index is 14.1. The normalized spacial score (nSPS) is 12.2. The number of nitrogens with one attached hydrogen (secondary N) is 1. The smallest absolute Gasteiger partial charge is 0.244 e. The predicted octanol–water partition coefficient (Wildman–Crippen LogP) is 5.89. The Morgan fingerprint density at radius 2 is 1.55 bits per heavy atom. The van der Waals surface area contributed by atoms with E-state index in [-0.39, 0.29) is 24.9 Å². The summed E-state index contributed by atoms with van der Waals surface area (Å²) in [7, 11) is -3.89. The maximum atomic E-state index is 14.1. The molecule has 0 aliphatic rings. The zero-order valence-electron chi connectivity index (χ0n) is 22.7. The van der Waals surface area contributed by atoms with E-state index in [4.69, 9.17) is 34.8 Å². The fourth-order valence-electron chi connectivity index (χ4n) is 4.26. The third kappa shape index (κ3) is 8.61. The molecule has 214 valence electrons. The summed E-state index contributed by atoms with van der Waals surface area (Å²) >= 11 is 18.7. The van der Waals surface area contributed by atoms with E-state index in [2.05, 4.69) is 5.32 Å². The number of amides is 2. The lowest BCUT2D eigenvalue weighted by molar-refractivity contribution is -0.140. The van der Waals surface area contributed by atoms with Crippen LogP contribution in [0.4, 0.5) is 5.69 Å². The van der Waals surface area contributed by atoms with Crippen LogP contribution in [0, 0.1) is 6.92 Å². The molecule has 3 aromatic carbocycles. The molecule has 40 heavy (non-hydrogen) atoms. The second-order valence-corrected chi connectivity index (χ2v) is 13.0. The zero-order chi connectivity index (χ0) is 29.6. The molecule has 0 fully saturated rings. The van der Waals surface area contributed by atoms with E-state index in [0.29, 0.717) is 31.9 Å². The highest BCUT2D eigenvalue weighted by Crippen LogP contribution is 2.28. The summed E-state index contributed by atoms with van der Waals surface area (Å²) < 4.78 is 26.9. The molecule has 0 spiro atoms. The second-order valence-electron chi connectivity index (χ2n) is 9.83. The van der Waals surface area contributed by atoms with Crippen LogP contribution in [0.1, 0.15) is 30.5 Å². The van der Waals surface area contributed by atoms with Gasteiger partial charge >= 0.3 is 0 Å². The molecule has 3 aromatic rings. The van der Waals surface area contributed by atoms with E-state index in [1.54, 1.807) is 43.3 Å². The second kappa shape index (κ2) is 13.7. The van der Waals surface area contributed by atoms with Crippen LogP contribution in [-0.2, 0) is 32.6 Å². The first-order valence-electron chi connectivity index (χ1n) is 12.6. The molecule has 7 nitrogen and oxygen atoms in total. The number of rotatable bonds is 11. The Labute approximate surface area is 251 Å². The molecular weight excluding hydrogens is 593 g/mol. The van der Waals surface area contributed by atoms with Gasteiger partial charge < -0.3 is 10.2 Å². The highest BCUT2D eigenvalue weighted by Gasteiger charge is 2.34. The number of aryl methyl sites for hydroxylation is 1. The van der Waals surface area contributed by atoms with Crippen molar-refractivity contribution in [3.05, 3.63) is 98.5 Å². The van der Waals surface area contributed by atoms with E-state index in [1.165, 1.54) is 4.90 Å². The summed E-state index contributed by atoms with van der Waals surface area (Å²) in [5.74, 6) is -0.948. The zero-order valence-corrected chi connectivity index (χ0v) is 25.8. The van der Waals surface area contributed by atoms with E-state index >= 15 is 0 Å². The first-order valence-corrected chi connectivity index (χ1v) is 15.6. The maximum Gasteiger partial charge on any atom is 0.244 e. The van der Waals surface area contributed by atoms with Crippen molar-refractivity contribution in [1.29, 1.82) is 0 Å². The van der Waals surface area contributed by atoms with Gasteiger partial charge in [-0.15, -0.1) is 0 Å². The van der Waals surface area contributed by atoms with Crippen molar-refractivity contribution >= 4 is 62.3 Å². The number of hydrogen-bond donors (Lipinski definition) is 1. The number of carbonyl (C=O) groups is 2. The highest BCUT2D eigenvalue weighted by atomic mass is 35.5. The molecule has 0 radical (unpaired) electrons. The van der Waals surface area contributed by atoms with Crippen molar-refractivity contribution in [2.24, 2.45) is 0 Å². The average molecular weight is 625 g/mol. The first-order chi connectivity index (χ1) is 18.8. The van der Waals surface area contributed by atoms with E-state index in [9.17, 15) is 18.0 Å². The van der Waals surface area contributed by atoms with Crippen molar-refractivity contribution in [3.63, 3.8) is 0 Å². The Bertz CT molecular complexity index is 1470. The van der Waals surface area contributed by atoms with Gasteiger partial charge in [0.2, 0.25) is 21.8 Å². The first kappa shape index (κ1) is 31.7. The molecule has 0 saturated carbocycles. The van der Waals surface area contributed by atoms with Crippen LogP contribution >= 0.6 is 34.8 Å². The number of hydrogen-bond acceptors (Lipinski definition) is 4. The molecule has 1 N–H and O–H groups in total. The lowest BCUT2D eigenvalue weighted by atomic mass is 10.0. The molecule has 0 aliphatic carbocycles. The fraction of sp³-hybridized carbons (Fsp3) is 0.310. The topological polar surface area (TPSA) is 86.8 Å². The molecule has 0 bridgehead atoms. The van der Waals surface area contributed by atoms with E-state index < -0.39 is 28.5 Å². The lowest BCUT2D eigenvalue weighted by Gasteiger charge is -2.34. The van der Waals surface area contributed by atoms with Gasteiger partial charge in [-0.1, -0.05) is 71.2 Å². The minimum Gasteiger partial charge on any atom is -0.352 e. The third-order valence-electron chi connectivity index (χ3n) is 6.16. The van der Waals surface area contributed by atoms with Crippen LogP contribution < -0.4 is 9.62 Å². The van der Waals surface area contributed by atoms with Gasteiger partial charge in [-0.3, -0.25) is 13.9 Å². The quantitative estimate of drug-likeness (QED) is 0.289. The molecule has 0 aliphatic heterocycles. The van der Waals surface area contributed by atoms with Gasteiger partial charge in [-0.05, 0) is 67.8 Å². The number of carbonyl (C=O) groups excluding carboxylic acids is 2. The van der Waals surface area contributed by atoms with Gasteiger partial charge in [0.1, 0.15) is 12.6 Å². The summed E-state index contributed by atoms with van der Waals surface area (Å²) in [5, 5.41) is 4.09. The summed E-state index contributed by atoms with van der Waals surface area (Å²) in [6.07, 6.45) is 1.23. The van der Waals surface area contributed by atoms with Gasteiger partial charge in [0, 0.05) is 34.1 Å². The minimum atomic E-state index is -3.89. The highest BCUT2D eigenvalue weighted by molar-refractivity contribution is 7.92. The molecule has 0 heterocycles.